The van der Waals surface area contributed by atoms with E-state index in [4.69, 9.17) is 15.5 Å². The van der Waals surface area contributed by atoms with Crippen LogP contribution < -0.4 is 10.5 Å². The molecule has 0 spiro atoms. The molecule has 0 radical (unpaired) electrons. The lowest BCUT2D eigenvalue weighted by Crippen LogP contribution is -2.18. The number of nitrogen functional groups attached to an aromatic ring is 1. The Balaban J connectivity index is 2.00. The molecule has 0 saturated heterocycles. The summed E-state index contributed by atoms with van der Waals surface area (Å²) in [5, 5.41) is 0. The summed E-state index contributed by atoms with van der Waals surface area (Å²) < 4.78 is 7.71. The predicted octanol–water partition coefficient (Wildman–Crippen LogP) is 3.11. The first kappa shape index (κ1) is 13.0. The van der Waals surface area contributed by atoms with Gasteiger partial charge in [-0.1, -0.05) is 19.1 Å². The van der Waals surface area contributed by atoms with Gasteiger partial charge in [0.25, 0.3) is 0 Å². The fourth-order valence-corrected chi connectivity index (χ4v) is 2.79. The Hall–Kier alpha value is -1.97. The minimum atomic E-state index is 0.663. The first-order valence-electron chi connectivity index (χ1n) is 7.27. The van der Waals surface area contributed by atoms with Gasteiger partial charge in [0, 0.05) is 18.5 Å². The number of nitrogens with two attached hydrogens (primary N) is 1. The Morgan fingerprint density at radius 3 is 3.10 bits per heavy atom. The third-order valence-corrected chi connectivity index (χ3v) is 3.88. The van der Waals surface area contributed by atoms with E-state index in [1.165, 1.54) is 6.42 Å². The summed E-state index contributed by atoms with van der Waals surface area (Å²) in [7, 11) is 0. The zero-order valence-electron chi connectivity index (χ0n) is 12.1. The van der Waals surface area contributed by atoms with Gasteiger partial charge in [-0.15, -0.1) is 0 Å². The number of aromatic nitrogens is 2. The fourth-order valence-electron chi connectivity index (χ4n) is 2.79. The number of anilines is 1. The fraction of sp³-hybridized carbons (Fsp3) is 0.438. The number of fused-ring (bicyclic) bond motifs is 1. The van der Waals surface area contributed by atoms with Crippen molar-refractivity contribution in [1.29, 1.82) is 0 Å². The zero-order chi connectivity index (χ0) is 14.1. The molecule has 0 aliphatic carbocycles. The highest BCUT2D eigenvalue weighted by atomic mass is 16.5. The number of hydrogen-bond acceptors (Lipinski definition) is 3. The van der Waals surface area contributed by atoms with Crippen molar-refractivity contribution in [2.24, 2.45) is 5.92 Å². The second-order valence-electron chi connectivity index (χ2n) is 5.47. The molecular formula is C16H21N3O. The van der Waals surface area contributed by atoms with Crippen molar-refractivity contribution in [3.8, 4) is 17.0 Å². The van der Waals surface area contributed by atoms with Crippen molar-refractivity contribution in [1.82, 2.24) is 9.55 Å². The zero-order valence-corrected chi connectivity index (χ0v) is 12.1. The van der Waals surface area contributed by atoms with Crippen LogP contribution in [0.5, 0.6) is 5.75 Å². The molecule has 3 rings (SSSR count). The molecule has 2 heterocycles. The SMILES string of the molecule is CCOc1cccc(-c2nc3n(c2N)CCC(C)C3)c1. The van der Waals surface area contributed by atoms with Crippen molar-refractivity contribution < 1.29 is 4.74 Å². The molecule has 2 N–H and O–H groups in total. The average Bonchev–Trinajstić information content (AvgIpc) is 2.76. The van der Waals surface area contributed by atoms with Crippen LogP contribution in [0, 0.1) is 5.92 Å². The van der Waals surface area contributed by atoms with Gasteiger partial charge in [0.2, 0.25) is 0 Å². The Labute approximate surface area is 119 Å². The summed E-state index contributed by atoms with van der Waals surface area (Å²) >= 11 is 0. The molecule has 2 aromatic rings. The van der Waals surface area contributed by atoms with Crippen LogP contribution in [0.3, 0.4) is 0 Å². The Bertz CT molecular complexity index is 618. The monoisotopic (exact) mass is 271 g/mol. The van der Waals surface area contributed by atoms with Crippen molar-refractivity contribution in [2.75, 3.05) is 12.3 Å². The van der Waals surface area contributed by atoms with E-state index in [9.17, 15) is 0 Å². The van der Waals surface area contributed by atoms with E-state index in [-0.39, 0.29) is 0 Å². The molecule has 20 heavy (non-hydrogen) atoms. The number of imidazole rings is 1. The third kappa shape index (κ3) is 2.26. The highest BCUT2D eigenvalue weighted by molar-refractivity contribution is 5.72. The summed E-state index contributed by atoms with van der Waals surface area (Å²) in [5.74, 6) is 3.44. The number of nitrogens with zero attached hydrogens (tertiary/aromatic N) is 2. The maximum absolute atomic E-state index is 6.29. The van der Waals surface area contributed by atoms with Crippen molar-refractivity contribution in [2.45, 2.75) is 33.2 Å². The lowest BCUT2D eigenvalue weighted by Gasteiger charge is -2.20. The third-order valence-electron chi connectivity index (χ3n) is 3.88. The quantitative estimate of drug-likeness (QED) is 0.933. The van der Waals surface area contributed by atoms with Crippen molar-refractivity contribution in [3.05, 3.63) is 30.1 Å². The molecule has 4 heteroatoms. The Morgan fingerprint density at radius 1 is 1.45 bits per heavy atom. The van der Waals surface area contributed by atoms with Crippen molar-refractivity contribution in [3.63, 3.8) is 0 Å². The van der Waals surface area contributed by atoms with Gasteiger partial charge in [-0.2, -0.15) is 0 Å². The summed E-state index contributed by atoms with van der Waals surface area (Å²) in [6.45, 7) is 5.89. The maximum atomic E-state index is 6.29. The Morgan fingerprint density at radius 2 is 2.30 bits per heavy atom. The summed E-state index contributed by atoms with van der Waals surface area (Å²) in [6, 6.07) is 8.00. The number of benzene rings is 1. The maximum Gasteiger partial charge on any atom is 0.131 e. The molecule has 1 aromatic carbocycles. The largest absolute Gasteiger partial charge is 0.494 e. The van der Waals surface area contributed by atoms with E-state index < -0.39 is 0 Å². The number of hydrogen-bond donors (Lipinski definition) is 1. The molecule has 1 aromatic heterocycles. The molecule has 0 saturated carbocycles. The first-order chi connectivity index (χ1) is 9.69. The van der Waals surface area contributed by atoms with E-state index in [1.807, 2.05) is 31.2 Å². The normalized spacial score (nSPS) is 17.8. The Kier molecular flexibility index (Phi) is 3.38. The smallest absolute Gasteiger partial charge is 0.131 e. The topological polar surface area (TPSA) is 53.1 Å². The van der Waals surface area contributed by atoms with Gasteiger partial charge in [0.05, 0.1) is 6.61 Å². The standard InChI is InChI=1S/C16H21N3O/c1-3-20-13-6-4-5-12(10-13)15-16(17)19-8-7-11(2)9-14(19)18-15/h4-6,10-11H,3,7-9,17H2,1-2H3. The van der Waals surface area contributed by atoms with Crippen molar-refractivity contribution >= 4 is 5.82 Å². The van der Waals surface area contributed by atoms with Gasteiger partial charge < -0.3 is 15.0 Å². The molecule has 0 amide bonds. The molecular weight excluding hydrogens is 250 g/mol. The highest BCUT2D eigenvalue weighted by Crippen LogP contribution is 2.32. The van der Waals surface area contributed by atoms with Gasteiger partial charge in [0.15, 0.2) is 0 Å². The van der Waals surface area contributed by atoms with Gasteiger partial charge in [0.1, 0.15) is 23.1 Å². The van der Waals surface area contributed by atoms with Crippen LogP contribution in [-0.2, 0) is 13.0 Å². The molecule has 0 bridgehead atoms. The van der Waals surface area contributed by atoms with E-state index in [0.29, 0.717) is 12.5 Å². The molecule has 0 fully saturated rings. The lowest BCUT2D eigenvalue weighted by atomic mass is 10.0. The van der Waals surface area contributed by atoms with Crippen LogP contribution in [0.4, 0.5) is 5.82 Å². The van der Waals surface area contributed by atoms with Crippen LogP contribution in [0.1, 0.15) is 26.1 Å². The van der Waals surface area contributed by atoms with E-state index >= 15 is 0 Å². The van der Waals surface area contributed by atoms with Crippen LogP contribution in [0.25, 0.3) is 11.3 Å². The average molecular weight is 271 g/mol. The van der Waals surface area contributed by atoms with Gasteiger partial charge in [-0.25, -0.2) is 4.98 Å². The summed E-state index contributed by atoms with van der Waals surface area (Å²) in [5.41, 5.74) is 8.20. The molecule has 1 aliphatic heterocycles. The number of ether oxygens (including phenoxy) is 1. The second kappa shape index (κ2) is 5.19. The van der Waals surface area contributed by atoms with Crippen LogP contribution >= 0.6 is 0 Å². The molecule has 1 unspecified atom stereocenters. The van der Waals surface area contributed by atoms with Gasteiger partial charge >= 0.3 is 0 Å². The van der Waals surface area contributed by atoms with Crippen LogP contribution in [-0.4, -0.2) is 16.2 Å². The summed E-state index contributed by atoms with van der Waals surface area (Å²) in [4.78, 5) is 4.75. The van der Waals surface area contributed by atoms with Crippen LogP contribution in [0.2, 0.25) is 0 Å². The number of rotatable bonds is 3. The molecule has 1 aliphatic rings. The van der Waals surface area contributed by atoms with Gasteiger partial charge in [-0.05, 0) is 31.4 Å². The highest BCUT2D eigenvalue weighted by Gasteiger charge is 2.22. The van der Waals surface area contributed by atoms with Gasteiger partial charge in [-0.3, -0.25) is 0 Å². The summed E-state index contributed by atoms with van der Waals surface area (Å²) in [6.07, 6.45) is 2.18. The minimum Gasteiger partial charge on any atom is -0.494 e. The molecule has 106 valence electrons. The lowest BCUT2D eigenvalue weighted by molar-refractivity contribution is 0.340. The molecule has 4 nitrogen and oxygen atoms in total. The van der Waals surface area contributed by atoms with Crippen LogP contribution in [0.15, 0.2) is 24.3 Å². The molecule has 1 atom stereocenters. The predicted molar refractivity (Wildman–Crippen MR) is 80.7 cm³/mol. The second-order valence-corrected chi connectivity index (χ2v) is 5.47. The first-order valence-corrected chi connectivity index (χ1v) is 7.27. The van der Waals surface area contributed by atoms with E-state index in [1.54, 1.807) is 0 Å². The minimum absolute atomic E-state index is 0.663. The van der Waals surface area contributed by atoms with E-state index in [0.717, 1.165) is 41.6 Å². The van der Waals surface area contributed by atoms with E-state index in [2.05, 4.69) is 11.5 Å².